The minimum Gasteiger partial charge on any atom is -0.493 e. The van der Waals surface area contributed by atoms with Crippen LogP contribution in [0.5, 0.6) is 5.75 Å². The van der Waals surface area contributed by atoms with Crippen molar-refractivity contribution >= 4 is 23.2 Å². The van der Waals surface area contributed by atoms with E-state index < -0.39 is 0 Å². The third-order valence-electron chi connectivity index (χ3n) is 2.74. The van der Waals surface area contributed by atoms with Crippen LogP contribution in [-0.2, 0) is 9.53 Å². The number of hydrogen-bond donors (Lipinski definition) is 1. The van der Waals surface area contributed by atoms with Crippen molar-refractivity contribution in [3.63, 3.8) is 0 Å². The third-order valence-corrected chi connectivity index (χ3v) is 2.96. The lowest BCUT2D eigenvalue weighted by atomic mass is 10.2. The summed E-state index contributed by atoms with van der Waals surface area (Å²) in [6.45, 7) is 2.84. The molecule has 0 heterocycles. The monoisotopic (exact) mass is 295 g/mol. The molecule has 20 heavy (non-hydrogen) atoms. The van der Waals surface area contributed by atoms with Crippen LogP contribution in [0.4, 0.5) is 0 Å². The Morgan fingerprint density at radius 3 is 2.70 bits per heavy atom. The van der Waals surface area contributed by atoms with E-state index in [4.69, 9.17) is 27.4 Å². The Balaban J connectivity index is 2.22. The van der Waals surface area contributed by atoms with Crippen LogP contribution in [0.3, 0.4) is 0 Å². The maximum absolute atomic E-state index is 11.1. The number of ether oxygens (including phenoxy) is 2. The number of hydrogen-bond acceptors (Lipinski definition) is 4. The average molecular weight is 295 g/mol. The van der Waals surface area contributed by atoms with E-state index in [0.717, 1.165) is 24.8 Å². The van der Waals surface area contributed by atoms with Crippen molar-refractivity contribution in [3.8, 4) is 5.75 Å². The first-order chi connectivity index (χ1) is 9.65. The van der Waals surface area contributed by atoms with Crippen molar-refractivity contribution in [2.75, 3.05) is 13.2 Å². The molecule has 0 saturated heterocycles. The van der Waals surface area contributed by atoms with Gasteiger partial charge < -0.3 is 15.2 Å². The van der Waals surface area contributed by atoms with Gasteiger partial charge in [0, 0.05) is 6.42 Å². The van der Waals surface area contributed by atoms with Gasteiger partial charge in [0.1, 0.15) is 10.7 Å². The van der Waals surface area contributed by atoms with E-state index >= 15 is 0 Å². The van der Waals surface area contributed by atoms with Gasteiger partial charge in [-0.1, -0.05) is 24.4 Å². The molecule has 0 aliphatic carbocycles. The van der Waals surface area contributed by atoms with Crippen LogP contribution in [0.2, 0.25) is 0 Å². The van der Waals surface area contributed by atoms with E-state index in [1.807, 2.05) is 31.2 Å². The van der Waals surface area contributed by atoms with Gasteiger partial charge >= 0.3 is 5.97 Å². The molecule has 0 aliphatic heterocycles. The Hall–Kier alpha value is -1.62. The van der Waals surface area contributed by atoms with Crippen molar-refractivity contribution in [2.24, 2.45) is 5.73 Å². The molecule has 0 spiro atoms. The van der Waals surface area contributed by atoms with Crippen molar-refractivity contribution in [3.05, 3.63) is 29.8 Å². The van der Waals surface area contributed by atoms with Crippen LogP contribution in [0.25, 0.3) is 0 Å². The van der Waals surface area contributed by atoms with Crippen LogP contribution < -0.4 is 10.5 Å². The number of para-hydroxylation sites is 1. The topological polar surface area (TPSA) is 61.5 Å². The zero-order valence-electron chi connectivity index (χ0n) is 11.8. The highest BCUT2D eigenvalue weighted by Crippen LogP contribution is 2.18. The molecule has 0 bridgehead atoms. The maximum atomic E-state index is 11.1. The molecule has 0 unspecified atom stereocenters. The normalized spacial score (nSPS) is 10.1. The summed E-state index contributed by atoms with van der Waals surface area (Å²) in [7, 11) is 0. The minimum atomic E-state index is -0.132. The molecule has 1 aromatic rings. The molecule has 0 aliphatic rings. The first-order valence-electron chi connectivity index (χ1n) is 6.82. The van der Waals surface area contributed by atoms with E-state index in [1.54, 1.807) is 0 Å². The lowest BCUT2D eigenvalue weighted by molar-refractivity contribution is -0.143. The number of esters is 1. The minimum absolute atomic E-state index is 0.132. The SMILES string of the molecule is CCOC(=O)CCCCCOc1ccccc1C(N)=S. The predicted molar refractivity (Wildman–Crippen MR) is 82.9 cm³/mol. The maximum Gasteiger partial charge on any atom is 0.305 e. The quantitative estimate of drug-likeness (QED) is 0.431. The summed E-state index contributed by atoms with van der Waals surface area (Å²) in [6.07, 6.45) is 3.09. The lowest BCUT2D eigenvalue weighted by Crippen LogP contribution is -2.12. The largest absolute Gasteiger partial charge is 0.493 e. The summed E-state index contributed by atoms with van der Waals surface area (Å²) in [6, 6.07) is 7.46. The molecule has 1 aromatic carbocycles. The Kier molecular flexibility index (Phi) is 7.65. The highest BCUT2D eigenvalue weighted by molar-refractivity contribution is 7.80. The van der Waals surface area contributed by atoms with Crippen molar-refractivity contribution in [2.45, 2.75) is 32.6 Å². The third kappa shape index (κ3) is 6.02. The molecule has 0 radical (unpaired) electrons. The molecule has 0 atom stereocenters. The van der Waals surface area contributed by atoms with Crippen LogP contribution in [-0.4, -0.2) is 24.2 Å². The molecule has 2 N–H and O–H groups in total. The molecule has 4 nitrogen and oxygen atoms in total. The van der Waals surface area contributed by atoms with Crippen molar-refractivity contribution < 1.29 is 14.3 Å². The Labute approximate surface area is 125 Å². The summed E-state index contributed by atoms with van der Waals surface area (Å²) < 4.78 is 10.5. The van der Waals surface area contributed by atoms with Gasteiger partial charge in [-0.15, -0.1) is 0 Å². The van der Waals surface area contributed by atoms with E-state index in [1.165, 1.54) is 0 Å². The Bertz CT molecular complexity index is 448. The van der Waals surface area contributed by atoms with Gasteiger partial charge in [0.15, 0.2) is 0 Å². The van der Waals surface area contributed by atoms with Crippen molar-refractivity contribution in [1.82, 2.24) is 0 Å². The number of unbranched alkanes of at least 4 members (excludes halogenated alkanes) is 2. The number of thiocarbonyl (C=S) groups is 1. The second-order valence-corrected chi connectivity index (χ2v) is 4.76. The second kappa shape index (κ2) is 9.31. The second-order valence-electron chi connectivity index (χ2n) is 4.32. The van der Waals surface area contributed by atoms with Crippen LogP contribution >= 0.6 is 12.2 Å². The highest BCUT2D eigenvalue weighted by Gasteiger charge is 2.05. The molecular formula is C15H21NO3S. The zero-order chi connectivity index (χ0) is 14.8. The summed E-state index contributed by atoms with van der Waals surface area (Å²) in [5.74, 6) is 0.581. The van der Waals surface area contributed by atoms with E-state index in [0.29, 0.717) is 30.4 Å². The Morgan fingerprint density at radius 1 is 1.25 bits per heavy atom. The van der Waals surface area contributed by atoms with Gasteiger partial charge in [-0.25, -0.2) is 0 Å². The first kappa shape index (κ1) is 16.4. The van der Waals surface area contributed by atoms with Gasteiger partial charge in [-0.3, -0.25) is 4.79 Å². The fourth-order valence-electron chi connectivity index (χ4n) is 1.76. The molecule has 0 saturated carbocycles. The first-order valence-corrected chi connectivity index (χ1v) is 7.23. The molecule has 0 aromatic heterocycles. The van der Waals surface area contributed by atoms with E-state index in [-0.39, 0.29) is 5.97 Å². The average Bonchev–Trinajstić information content (AvgIpc) is 2.43. The van der Waals surface area contributed by atoms with E-state index in [9.17, 15) is 4.79 Å². The molecule has 0 amide bonds. The number of carbonyl (C=O) groups is 1. The number of nitrogens with two attached hydrogens (primary N) is 1. The lowest BCUT2D eigenvalue weighted by Gasteiger charge is -2.10. The summed E-state index contributed by atoms with van der Waals surface area (Å²) in [5.41, 5.74) is 6.39. The summed E-state index contributed by atoms with van der Waals surface area (Å²) >= 11 is 4.97. The van der Waals surface area contributed by atoms with Gasteiger partial charge in [-0.2, -0.15) is 0 Å². The fourth-order valence-corrected chi connectivity index (χ4v) is 1.93. The Morgan fingerprint density at radius 2 is 2.00 bits per heavy atom. The molecule has 0 fully saturated rings. The molecule has 5 heteroatoms. The number of rotatable bonds is 9. The predicted octanol–water partition coefficient (Wildman–Crippen LogP) is 2.82. The molecular weight excluding hydrogens is 274 g/mol. The standard InChI is InChI=1S/C15H21NO3S/c1-2-18-14(17)10-4-3-7-11-19-13-9-6-5-8-12(13)15(16)20/h5-6,8-9H,2-4,7,10-11H2,1H3,(H2,16,20). The van der Waals surface area contributed by atoms with Gasteiger partial charge in [-0.05, 0) is 38.3 Å². The van der Waals surface area contributed by atoms with E-state index in [2.05, 4.69) is 0 Å². The number of carbonyl (C=O) groups excluding carboxylic acids is 1. The summed E-state index contributed by atoms with van der Waals surface area (Å²) in [4.78, 5) is 11.5. The zero-order valence-corrected chi connectivity index (χ0v) is 12.6. The van der Waals surface area contributed by atoms with Gasteiger partial charge in [0.2, 0.25) is 0 Å². The van der Waals surface area contributed by atoms with Gasteiger partial charge in [0.05, 0.1) is 18.8 Å². The highest BCUT2D eigenvalue weighted by atomic mass is 32.1. The van der Waals surface area contributed by atoms with Crippen LogP contribution in [0.15, 0.2) is 24.3 Å². The van der Waals surface area contributed by atoms with Crippen molar-refractivity contribution in [1.29, 1.82) is 0 Å². The number of benzene rings is 1. The van der Waals surface area contributed by atoms with Crippen LogP contribution in [0, 0.1) is 0 Å². The molecule has 110 valence electrons. The fraction of sp³-hybridized carbons (Fsp3) is 0.467. The smallest absolute Gasteiger partial charge is 0.305 e. The molecule has 1 rings (SSSR count). The summed E-state index contributed by atoms with van der Waals surface area (Å²) in [5, 5.41) is 0. The van der Waals surface area contributed by atoms with Crippen LogP contribution in [0.1, 0.15) is 38.2 Å². The van der Waals surface area contributed by atoms with Gasteiger partial charge in [0.25, 0.3) is 0 Å².